The van der Waals surface area contributed by atoms with Gasteiger partial charge in [0.1, 0.15) is 5.82 Å². The number of nitrogens with zero attached hydrogens (tertiary/aromatic N) is 4. The van der Waals surface area contributed by atoms with E-state index in [0.29, 0.717) is 12.5 Å². The van der Waals surface area contributed by atoms with Crippen LogP contribution >= 0.6 is 0 Å². The second kappa shape index (κ2) is 15.6. The molecular formula is C27H35F6N5O5. The average molecular weight is 624 g/mol. The number of hydrogen-bond donors (Lipinski definition) is 3. The van der Waals surface area contributed by atoms with Crippen LogP contribution in [0.25, 0.3) is 0 Å². The normalized spacial score (nSPS) is 16.0. The summed E-state index contributed by atoms with van der Waals surface area (Å²) in [4.78, 5) is 35.2. The van der Waals surface area contributed by atoms with Gasteiger partial charge in [-0.2, -0.15) is 31.4 Å². The first-order valence-corrected chi connectivity index (χ1v) is 13.5. The highest BCUT2D eigenvalue weighted by atomic mass is 19.4. The molecule has 1 aromatic carbocycles. The third-order valence-corrected chi connectivity index (χ3v) is 6.79. The summed E-state index contributed by atoms with van der Waals surface area (Å²) in [5.74, 6) is -4.53. The first kappa shape index (κ1) is 35.4. The predicted octanol–water partition coefficient (Wildman–Crippen LogP) is 5.03. The van der Waals surface area contributed by atoms with Gasteiger partial charge >= 0.3 is 24.3 Å². The van der Waals surface area contributed by atoms with Crippen molar-refractivity contribution in [2.45, 2.75) is 64.3 Å². The fraction of sp³-hybridized carbons (Fsp3) is 0.556. The highest BCUT2D eigenvalue weighted by Gasteiger charge is 2.38. The summed E-state index contributed by atoms with van der Waals surface area (Å²) in [6, 6.07) is 9.14. The summed E-state index contributed by atoms with van der Waals surface area (Å²) in [6.45, 7) is 9.00. The molecule has 2 aliphatic rings. The molecule has 4 rings (SSSR count). The number of carbonyl (C=O) groups is 3. The van der Waals surface area contributed by atoms with E-state index in [4.69, 9.17) is 19.8 Å². The monoisotopic (exact) mass is 623 g/mol. The Hall–Kier alpha value is -3.82. The molecule has 0 spiro atoms. The Morgan fingerprint density at radius 1 is 0.930 bits per heavy atom. The molecule has 0 unspecified atom stereocenters. The Kier molecular flexibility index (Phi) is 12.8. The van der Waals surface area contributed by atoms with Crippen LogP contribution in [0.4, 0.5) is 37.8 Å². The van der Waals surface area contributed by atoms with Crippen molar-refractivity contribution in [3.8, 4) is 0 Å². The maximum absolute atomic E-state index is 12.6. The third-order valence-electron chi connectivity index (χ3n) is 6.79. The van der Waals surface area contributed by atoms with Gasteiger partial charge in [-0.25, -0.2) is 14.3 Å². The molecule has 0 atom stereocenters. The smallest absolute Gasteiger partial charge is 0.475 e. The molecule has 2 heterocycles. The largest absolute Gasteiger partial charge is 0.490 e. The number of aliphatic carboxylic acids is 2. The zero-order valence-corrected chi connectivity index (χ0v) is 23.7. The lowest BCUT2D eigenvalue weighted by atomic mass is 10.2. The van der Waals surface area contributed by atoms with Gasteiger partial charge in [0, 0.05) is 50.4 Å². The summed E-state index contributed by atoms with van der Waals surface area (Å²) in [5, 5.41) is 21.9. The zero-order valence-electron chi connectivity index (χ0n) is 23.7. The summed E-state index contributed by atoms with van der Waals surface area (Å²) in [7, 11) is 0. The number of halogens is 6. The van der Waals surface area contributed by atoms with Crippen molar-refractivity contribution < 1.29 is 50.9 Å². The number of rotatable bonds is 6. The molecule has 43 heavy (non-hydrogen) atoms. The minimum atomic E-state index is -5.08. The fourth-order valence-electron chi connectivity index (χ4n) is 4.54. The molecule has 2 aromatic rings. The topological polar surface area (TPSA) is 128 Å². The molecule has 1 aliphatic heterocycles. The van der Waals surface area contributed by atoms with E-state index < -0.39 is 24.3 Å². The number of hydrogen-bond acceptors (Lipinski definition) is 6. The number of carbonyl (C=O) groups excluding carboxylic acids is 1. The van der Waals surface area contributed by atoms with Crippen LogP contribution in [0.1, 0.15) is 49.3 Å². The van der Waals surface area contributed by atoms with Crippen molar-refractivity contribution in [3.63, 3.8) is 0 Å². The number of piperazine rings is 1. The molecule has 16 heteroatoms. The standard InChI is InChI=1S/C23H33N5O.2C2HF3O2/c1-18-6-5-9-21(16-18)27-14-12-26(13-15-27)11-10-22(29)25-23-19(2)17-24-28(23)20-7-3-4-8-20;2*3-2(4,5)1(6)7/h5-6,9,16-17,20H,3-4,7-8,10-15H2,1-2H3,(H,25,29);2*(H,6,7). The van der Waals surface area contributed by atoms with Gasteiger partial charge in [-0.3, -0.25) is 9.69 Å². The highest BCUT2D eigenvalue weighted by Crippen LogP contribution is 2.32. The van der Waals surface area contributed by atoms with Gasteiger partial charge in [0.25, 0.3) is 0 Å². The molecule has 10 nitrogen and oxygen atoms in total. The molecule has 3 N–H and O–H groups in total. The number of amides is 1. The maximum atomic E-state index is 12.6. The number of anilines is 2. The van der Waals surface area contributed by atoms with Gasteiger partial charge in [0.2, 0.25) is 5.91 Å². The van der Waals surface area contributed by atoms with Crippen molar-refractivity contribution in [2.75, 3.05) is 42.9 Å². The van der Waals surface area contributed by atoms with E-state index >= 15 is 0 Å². The van der Waals surface area contributed by atoms with Gasteiger partial charge in [-0.1, -0.05) is 25.0 Å². The van der Waals surface area contributed by atoms with Crippen molar-refractivity contribution in [1.29, 1.82) is 0 Å². The van der Waals surface area contributed by atoms with Gasteiger partial charge < -0.3 is 20.4 Å². The van der Waals surface area contributed by atoms with Gasteiger partial charge in [-0.05, 0) is 44.4 Å². The molecule has 1 saturated heterocycles. The van der Waals surface area contributed by atoms with Crippen LogP contribution < -0.4 is 10.2 Å². The SMILES string of the molecule is Cc1cccc(N2CCN(CCC(=O)Nc3c(C)cnn3C3CCCC3)CC2)c1.O=C(O)C(F)(F)F.O=C(O)C(F)(F)F. The summed E-state index contributed by atoms with van der Waals surface area (Å²) >= 11 is 0. The number of benzene rings is 1. The molecule has 0 bridgehead atoms. The maximum Gasteiger partial charge on any atom is 0.490 e. The van der Waals surface area contributed by atoms with Crippen molar-refractivity contribution in [1.82, 2.24) is 14.7 Å². The molecule has 240 valence electrons. The Morgan fingerprint density at radius 2 is 1.47 bits per heavy atom. The number of aromatic nitrogens is 2. The van der Waals surface area contributed by atoms with Crippen LogP contribution in [-0.4, -0.2) is 87.8 Å². The Morgan fingerprint density at radius 3 is 1.95 bits per heavy atom. The molecule has 2 fully saturated rings. The Balaban J connectivity index is 0.000000384. The van der Waals surface area contributed by atoms with Crippen LogP contribution in [0.5, 0.6) is 0 Å². The Labute approximate surface area is 244 Å². The number of nitrogens with one attached hydrogen (secondary N) is 1. The Bertz CT molecular complexity index is 1200. The minimum Gasteiger partial charge on any atom is -0.475 e. The fourth-order valence-corrected chi connectivity index (χ4v) is 4.54. The highest BCUT2D eigenvalue weighted by molar-refractivity contribution is 5.90. The van der Waals surface area contributed by atoms with Crippen LogP contribution in [0.3, 0.4) is 0 Å². The quantitative estimate of drug-likeness (QED) is 0.383. The van der Waals surface area contributed by atoms with Crippen molar-refractivity contribution >= 4 is 29.4 Å². The lowest BCUT2D eigenvalue weighted by molar-refractivity contribution is -0.193. The van der Waals surface area contributed by atoms with Gasteiger partial charge in [0.05, 0.1) is 12.2 Å². The van der Waals surface area contributed by atoms with E-state index in [2.05, 4.69) is 51.4 Å². The molecule has 1 amide bonds. The molecule has 1 saturated carbocycles. The number of carboxylic acids is 2. The first-order chi connectivity index (χ1) is 20.0. The van der Waals surface area contributed by atoms with E-state index in [0.717, 1.165) is 56.9 Å². The molecule has 1 aromatic heterocycles. The van der Waals surface area contributed by atoms with Crippen LogP contribution in [-0.2, 0) is 14.4 Å². The van der Waals surface area contributed by atoms with Crippen LogP contribution in [0.15, 0.2) is 30.5 Å². The summed E-state index contributed by atoms with van der Waals surface area (Å²) in [6.07, 6.45) is -2.93. The molecule has 1 aliphatic carbocycles. The predicted molar refractivity (Wildman–Crippen MR) is 145 cm³/mol. The van der Waals surface area contributed by atoms with E-state index in [1.165, 1.54) is 24.1 Å². The average Bonchev–Trinajstić information content (AvgIpc) is 3.58. The zero-order chi connectivity index (χ0) is 32.4. The third kappa shape index (κ3) is 11.8. The number of aryl methyl sites for hydroxylation is 2. The van der Waals surface area contributed by atoms with Crippen molar-refractivity contribution in [3.05, 3.63) is 41.6 Å². The number of carboxylic acid groups (broad SMARTS) is 2. The lowest BCUT2D eigenvalue weighted by Gasteiger charge is -2.36. The minimum absolute atomic E-state index is 0.0916. The van der Waals surface area contributed by atoms with E-state index in [-0.39, 0.29) is 5.91 Å². The summed E-state index contributed by atoms with van der Waals surface area (Å²) in [5.41, 5.74) is 3.66. The van der Waals surface area contributed by atoms with Crippen LogP contribution in [0, 0.1) is 13.8 Å². The first-order valence-electron chi connectivity index (χ1n) is 13.5. The number of alkyl halides is 6. The van der Waals surface area contributed by atoms with Gasteiger partial charge in [0.15, 0.2) is 0 Å². The molecule has 0 radical (unpaired) electrons. The second-order valence-corrected chi connectivity index (χ2v) is 10.1. The second-order valence-electron chi connectivity index (χ2n) is 10.1. The lowest BCUT2D eigenvalue weighted by Crippen LogP contribution is -2.47. The van der Waals surface area contributed by atoms with Crippen molar-refractivity contribution in [2.24, 2.45) is 0 Å². The van der Waals surface area contributed by atoms with E-state index in [9.17, 15) is 31.1 Å². The van der Waals surface area contributed by atoms with Gasteiger partial charge in [-0.15, -0.1) is 0 Å². The summed E-state index contributed by atoms with van der Waals surface area (Å²) < 4.78 is 65.5. The van der Waals surface area contributed by atoms with Crippen LogP contribution in [0.2, 0.25) is 0 Å². The molecular weight excluding hydrogens is 588 g/mol. The van der Waals surface area contributed by atoms with E-state index in [1.54, 1.807) is 0 Å². The van der Waals surface area contributed by atoms with E-state index in [1.807, 2.05) is 17.8 Å².